The molecule has 6 atom stereocenters. The fraction of sp³-hybridized carbons (Fsp3) is 0.500. The summed E-state index contributed by atoms with van der Waals surface area (Å²) >= 11 is 1.50. The van der Waals surface area contributed by atoms with Crippen LogP contribution >= 0.6 is 11.8 Å². The molecule has 0 saturated carbocycles. The molecule has 0 spiro atoms. The van der Waals surface area contributed by atoms with Crippen molar-refractivity contribution in [1.82, 2.24) is 4.90 Å². The van der Waals surface area contributed by atoms with Crippen LogP contribution in [0, 0.1) is 0 Å². The van der Waals surface area contributed by atoms with E-state index in [1.54, 1.807) is 14.2 Å². The predicted octanol–water partition coefficient (Wildman–Crippen LogP) is 4.29. The lowest BCUT2D eigenvalue weighted by Gasteiger charge is -2.43. The number of nitrogens with zero attached hydrogens (tertiary/aromatic N) is 2. The Kier molecular flexibility index (Phi) is 8.54. The number of thioether (sulfide) groups is 1. The van der Waals surface area contributed by atoms with E-state index in [4.69, 9.17) is 28.7 Å². The predicted molar refractivity (Wildman–Crippen MR) is 135 cm³/mol. The number of ether oxygens (including phenoxy) is 5. The molecule has 0 radical (unpaired) electrons. The van der Waals surface area contributed by atoms with Crippen LogP contribution in [0.1, 0.15) is 18.1 Å². The van der Waals surface area contributed by atoms with Gasteiger partial charge in [-0.2, -0.15) is 0 Å². The summed E-state index contributed by atoms with van der Waals surface area (Å²) in [4.78, 5) is 6.81. The summed E-state index contributed by atoms with van der Waals surface area (Å²) in [6, 6.07) is 15.0. The number of rotatable bonds is 9. The lowest BCUT2D eigenvalue weighted by atomic mass is 9.95. The van der Waals surface area contributed by atoms with Gasteiger partial charge in [-0.15, -0.1) is 0 Å². The average Bonchev–Trinajstić information content (AvgIpc) is 3.31. The zero-order valence-electron chi connectivity index (χ0n) is 20.7. The molecule has 2 heterocycles. The third kappa shape index (κ3) is 6.09. The van der Waals surface area contributed by atoms with E-state index in [1.807, 2.05) is 67.5 Å². The Balaban J connectivity index is 1.57. The van der Waals surface area contributed by atoms with E-state index >= 15 is 0 Å². The van der Waals surface area contributed by atoms with Crippen molar-refractivity contribution in [2.45, 2.75) is 56.1 Å². The third-order valence-corrected chi connectivity index (χ3v) is 7.38. The van der Waals surface area contributed by atoms with Crippen LogP contribution in [0.4, 0.5) is 4.39 Å². The van der Waals surface area contributed by atoms with Crippen molar-refractivity contribution in [3.8, 4) is 11.5 Å². The molecule has 35 heavy (non-hydrogen) atoms. The Bertz CT molecular complexity index is 986. The fourth-order valence-corrected chi connectivity index (χ4v) is 5.28. The van der Waals surface area contributed by atoms with E-state index in [1.165, 1.54) is 18.7 Å². The van der Waals surface area contributed by atoms with Crippen LogP contribution in [-0.4, -0.2) is 74.3 Å². The Morgan fingerprint density at radius 2 is 1.43 bits per heavy atom. The molecule has 1 fully saturated rings. The molecular formula is C26H33FN2O5S. The summed E-state index contributed by atoms with van der Waals surface area (Å²) in [5.41, 5.74) is 1.60. The molecule has 0 aliphatic carbocycles. The molecule has 190 valence electrons. The van der Waals surface area contributed by atoms with E-state index in [-0.39, 0.29) is 11.5 Å². The monoisotopic (exact) mass is 504 g/mol. The number of amidine groups is 1. The van der Waals surface area contributed by atoms with E-state index in [0.29, 0.717) is 13.2 Å². The SMILES string of the molecule is COc1ccc(CO[C@H]2[C@H](OCc3ccc(OC)cc3)[C@H]3N=C(N(C)C)S[C@H]3O[C@@H]2[C@H](C)F)cc1. The second-order valence-corrected chi connectivity index (χ2v) is 9.87. The summed E-state index contributed by atoms with van der Waals surface area (Å²) in [5.74, 6) is 1.54. The van der Waals surface area contributed by atoms with Crippen LogP contribution in [0.2, 0.25) is 0 Å². The normalized spacial score (nSPS) is 26.6. The smallest absolute Gasteiger partial charge is 0.161 e. The van der Waals surface area contributed by atoms with Gasteiger partial charge in [0, 0.05) is 14.1 Å². The minimum absolute atomic E-state index is 0.290. The van der Waals surface area contributed by atoms with Gasteiger partial charge in [0.05, 0.1) is 27.4 Å². The topological polar surface area (TPSA) is 61.8 Å². The molecule has 2 aromatic rings. The summed E-state index contributed by atoms with van der Waals surface area (Å²) in [6.07, 6.45) is -3.14. The van der Waals surface area contributed by atoms with Gasteiger partial charge in [-0.3, -0.25) is 4.99 Å². The highest BCUT2D eigenvalue weighted by Crippen LogP contribution is 2.41. The lowest BCUT2D eigenvalue weighted by molar-refractivity contribution is -0.210. The molecular weight excluding hydrogens is 471 g/mol. The zero-order valence-corrected chi connectivity index (χ0v) is 21.5. The second-order valence-electron chi connectivity index (χ2n) is 8.81. The van der Waals surface area contributed by atoms with Gasteiger partial charge in [0.2, 0.25) is 0 Å². The molecule has 2 aromatic carbocycles. The maximum absolute atomic E-state index is 14.8. The maximum atomic E-state index is 14.8. The summed E-state index contributed by atoms with van der Waals surface area (Å²) < 4.78 is 44.3. The third-order valence-electron chi connectivity index (χ3n) is 6.07. The van der Waals surface area contributed by atoms with Crippen LogP contribution in [0.25, 0.3) is 0 Å². The van der Waals surface area contributed by atoms with Gasteiger partial charge in [-0.05, 0) is 42.3 Å². The Labute approximate surface area is 210 Å². The van der Waals surface area contributed by atoms with Crippen LogP contribution in [0.15, 0.2) is 53.5 Å². The molecule has 0 N–H and O–H groups in total. The van der Waals surface area contributed by atoms with Gasteiger partial charge < -0.3 is 28.6 Å². The number of alkyl halides is 1. The second kappa shape index (κ2) is 11.6. The van der Waals surface area contributed by atoms with Gasteiger partial charge in [0.25, 0.3) is 0 Å². The van der Waals surface area contributed by atoms with Crippen molar-refractivity contribution in [2.24, 2.45) is 4.99 Å². The van der Waals surface area contributed by atoms with E-state index in [9.17, 15) is 4.39 Å². The first-order valence-corrected chi connectivity index (χ1v) is 12.5. The Morgan fingerprint density at radius 1 is 0.914 bits per heavy atom. The first-order chi connectivity index (χ1) is 16.9. The van der Waals surface area contributed by atoms with Crippen molar-refractivity contribution >= 4 is 16.9 Å². The molecule has 1 saturated heterocycles. The Hall–Kier alpha value is -2.33. The number of halogens is 1. The maximum Gasteiger partial charge on any atom is 0.161 e. The van der Waals surface area contributed by atoms with Crippen molar-refractivity contribution < 1.29 is 28.1 Å². The van der Waals surface area contributed by atoms with Gasteiger partial charge in [-0.1, -0.05) is 36.0 Å². The van der Waals surface area contributed by atoms with Gasteiger partial charge in [0.1, 0.15) is 47.5 Å². The highest BCUT2D eigenvalue weighted by Gasteiger charge is 2.52. The van der Waals surface area contributed by atoms with Crippen molar-refractivity contribution in [3.05, 3.63) is 59.7 Å². The van der Waals surface area contributed by atoms with Gasteiger partial charge in [-0.25, -0.2) is 4.39 Å². The lowest BCUT2D eigenvalue weighted by Crippen LogP contribution is -2.59. The molecule has 0 aromatic heterocycles. The number of hydrogen-bond donors (Lipinski definition) is 0. The highest BCUT2D eigenvalue weighted by atomic mass is 32.2. The molecule has 7 nitrogen and oxygen atoms in total. The number of hydrogen-bond acceptors (Lipinski definition) is 8. The minimum Gasteiger partial charge on any atom is -0.497 e. The number of aliphatic imine (C=N–C) groups is 1. The van der Waals surface area contributed by atoms with Crippen molar-refractivity contribution in [3.63, 3.8) is 0 Å². The standard InChI is InChI=1S/C26H33FN2O5S/c1-16(27)22-24(33-15-18-8-12-20(31-5)13-9-18)23(21-25(34-22)35-26(28-21)29(2)3)32-14-17-6-10-19(30-4)11-7-17/h6-13,16,21-25H,14-15H2,1-5H3/t16-,21+,22+,23+,24+,25+/m0/s1. The average molecular weight is 505 g/mol. The van der Waals surface area contributed by atoms with Crippen LogP contribution in [-0.2, 0) is 27.4 Å². The van der Waals surface area contributed by atoms with Crippen molar-refractivity contribution in [2.75, 3.05) is 28.3 Å². The summed E-state index contributed by atoms with van der Waals surface area (Å²) in [7, 11) is 7.13. The van der Waals surface area contributed by atoms with Gasteiger partial charge in [0.15, 0.2) is 5.17 Å². The van der Waals surface area contributed by atoms with Crippen LogP contribution in [0.5, 0.6) is 11.5 Å². The highest BCUT2D eigenvalue weighted by molar-refractivity contribution is 8.14. The fourth-order valence-electron chi connectivity index (χ4n) is 4.14. The van der Waals surface area contributed by atoms with Gasteiger partial charge >= 0.3 is 0 Å². The number of benzene rings is 2. The van der Waals surface area contributed by atoms with Crippen LogP contribution in [0.3, 0.4) is 0 Å². The molecule has 0 amide bonds. The summed E-state index contributed by atoms with van der Waals surface area (Å²) in [6.45, 7) is 2.13. The zero-order chi connectivity index (χ0) is 24.9. The number of fused-ring (bicyclic) bond motifs is 1. The first-order valence-electron chi connectivity index (χ1n) is 11.6. The van der Waals surface area contributed by atoms with Crippen molar-refractivity contribution in [1.29, 1.82) is 0 Å². The molecule has 2 aliphatic rings. The van der Waals surface area contributed by atoms with E-state index < -0.39 is 24.5 Å². The van der Waals surface area contributed by atoms with E-state index in [0.717, 1.165) is 27.8 Å². The quantitative estimate of drug-likeness (QED) is 0.505. The molecule has 2 aliphatic heterocycles. The molecule has 9 heteroatoms. The molecule has 4 rings (SSSR count). The van der Waals surface area contributed by atoms with Crippen LogP contribution < -0.4 is 9.47 Å². The Morgan fingerprint density at radius 3 is 1.89 bits per heavy atom. The first kappa shape index (κ1) is 25.8. The largest absolute Gasteiger partial charge is 0.497 e. The van der Waals surface area contributed by atoms with E-state index in [2.05, 4.69) is 0 Å². The molecule has 0 bridgehead atoms. The minimum atomic E-state index is -1.24. The summed E-state index contributed by atoms with van der Waals surface area (Å²) in [5, 5.41) is 0.833. The molecule has 0 unspecified atom stereocenters. The number of methoxy groups -OCH3 is 2.